The molecular formula is C15H21NO4. The lowest BCUT2D eigenvalue weighted by molar-refractivity contribution is -0.125. The number of hydrogen-bond acceptors (Lipinski definition) is 4. The molecule has 0 aliphatic rings. The first-order valence-corrected chi connectivity index (χ1v) is 6.71. The Hall–Kier alpha value is -2.04. The zero-order valence-corrected chi connectivity index (χ0v) is 12.1. The smallest absolute Gasteiger partial charge is 0.342 e. The van der Waals surface area contributed by atoms with E-state index in [4.69, 9.17) is 9.47 Å². The molecule has 5 nitrogen and oxygen atoms in total. The summed E-state index contributed by atoms with van der Waals surface area (Å²) < 4.78 is 10.1. The van der Waals surface area contributed by atoms with Crippen LogP contribution in [0.1, 0.15) is 37.0 Å². The molecule has 0 heterocycles. The van der Waals surface area contributed by atoms with Crippen LogP contribution in [-0.2, 0) is 9.53 Å². The highest BCUT2D eigenvalue weighted by Gasteiger charge is 2.15. The van der Waals surface area contributed by atoms with Gasteiger partial charge in [-0.1, -0.05) is 26.0 Å². The Balaban J connectivity index is 2.53. The second-order valence-corrected chi connectivity index (χ2v) is 4.36. The topological polar surface area (TPSA) is 64.6 Å². The summed E-state index contributed by atoms with van der Waals surface area (Å²) in [7, 11) is 1.48. The number of ether oxygens (including phenoxy) is 2. The van der Waals surface area contributed by atoms with Crippen molar-refractivity contribution >= 4 is 11.9 Å². The van der Waals surface area contributed by atoms with Gasteiger partial charge in [0.15, 0.2) is 6.61 Å². The molecule has 1 N–H and O–H groups in total. The lowest BCUT2D eigenvalue weighted by Gasteiger charge is -2.14. The third-order valence-corrected chi connectivity index (χ3v) is 3.01. The second-order valence-electron chi connectivity index (χ2n) is 4.36. The maximum Gasteiger partial charge on any atom is 0.342 e. The van der Waals surface area contributed by atoms with Gasteiger partial charge in [0.1, 0.15) is 11.3 Å². The first kappa shape index (κ1) is 16.0. The molecule has 0 aromatic heterocycles. The summed E-state index contributed by atoms with van der Waals surface area (Å²) in [6.45, 7) is 3.71. The van der Waals surface area contributed by atoms with E-state index in [9.17, 15) is 9.59 Å². The SMILES string of the molecule is CCC(CC)NC(=O)COC(=O)c1ccccc1OC. The summed E-state index contributed by atoms with van der Waals surface area (Å²) in [4.78, 5) is 23.5. The highest BCUT2D eigenvalue weighted by Crippen LogP contribution is 2.17. The minimum Gasteiger partial charge on any atom is -0.496 e. The van der Waals surface area contributed by atoms with Crippen molar-refractivity contribution in [1.82, 2.24) is 5.32 Å². The van der Waals surface area contributed by atoms with Crippen molar-refractivity contribution in [3.8, 4) is 5.75 Å². The minimum absolute atomic E-state index is 0.118. The predicted octanol–water partition coefficient (Wildman–Crippen LogP) is 2.16. The molecule has 0 radical (unpaired) electrons. The van der Waals surface area contributed by atoms with Crippen molar-refractivity contribution in [2.24, 2.45) is 0 Å². The number of methoxy groups -OCH3 is 1. The predicted molar refractivity (Wildman–Crippen MR) is 75.8 cm³/mol. The Labute approximate surface area is 119 Å². The quantitative estimate of drug-likeness (QED) is 0.777. The van der Waals surface area contributed by atoms with E-state index in [1.165, 1.54) is 7.11 Å². The van der Waals surface area contributed by atoms with Gasteiger partial charge in [0, 0.05) is 6.04 Å². The van der Waals surface area contributed by atoms with Crippen molar-refractivity contribution < 1.29 is 19.1 Å². The zero-order valence-electron chi connectivity index (χ0n) is 12.1. The van der Waals surface area contributed by atoms with Crippen LogP contribution in [0, 0.1) is 0 Å². The van der Waals surface area contributed by atoms with Crippen LogP contribution in [0.25, 0.3) is 0 Å². The van der Waals surface area contributed by atoms with Crippen molar-refractivity contribution in [3.05, 3.63) is 29.8 Å². The Morgan fingerprint density at radius 2 is 1.85 bits per heavy atom. The third-order valence-electron chi connectivity index (χ3n) is 3.01. The average molecular weight is 279 g/mol. The van der Waals surface area contributed by atoms with E-state index < -0.39 is 5.97 Å². The van der Waals surface area contributed by atoms with Crippen LogP contribution in [0.3, 0.4) is 0 Å². The number of hydrogen-bond donors (Lipinski definition) is 1. The fraction of sp³-hybridized carbons (Fsp3) is 0.467. The molecule has 0 spiro atoms. The van der Waals surface area contributed by atoms with Crippen LogP contribution >= 0.6 is 0 Å². The van der Waals surface area contributed by atoms with Gasteiger partial charge in [0.25, 0.3) is 5.91 Å². The molecule has 0 aliphatic heterocycles. The maximum absolute atomic E-state index is 11.9. The number of carbonyl (C=O) groups is 2. The molecule has 0 unspecified atom stereocenters. The van der Waals surface area contributed by atoms with Gasteiger partial charge in [-0.3, -0.25) is 4.79 Å². The first-order valence-electron chi connectivity index (χ1n) is 6.71. The van der Waals surface area contributed by atoms with Gasteiger partial charge in [-0.2, -0.15) is 0 Å². The van der Waals surface area contributed by atoms with Crippen molar-refractivity contribution in [2.75, 3.05) is 13.7 Å². The number of esters is 1. The van der Waals surface area contributed by atoms with E-state index in [0.717, 1.165) is 12.8 Å². The Morgan fingerprint density at radius 3 is 2.45 bits per heavy atom. The fourth-order valence-corrected chi connectivity index (χ4v) is 1.78. The summed E-state index contributed by atoms with van der Waals surface area (Å²) in [5, 5.41) is 2.80. The average Bonchev–Trinajstić information content (AvgIpc) is 2.50. The zero-order chi connectivity index (χ0) is 15.0. The first-order chi connectivity index (χ1) is 9.62. The fourth-order valence-electron chi connectivity index (χ4n) is 1.78. The molecular weight excluding hydrogens is 258 g/mol. The number of amides is 1. The van der Waals surface area contributed by atoms with E-state index in [-0.39, 0.29) is 18.6 Å². The van der Waals surface area contributed by atoms with Gasteiger partial charge in [0.05, 0.1) is 7.11 Å². The molecule has 20 heavy (non-hydrogen) atoms. The summed E-state index contributed by atoms with van der Waals surface area (Å²) in [6, 6.07) is 6.85. The summed E-state index contributed by atoms with van der Waals surface area (Å²) in [5.41, 5.74) is 0.310. The van der Waals surface area contributed by atoms with Crippen LogP contribution in [-0.4, -0.2) is 31.6 Å². The van der Waals surface area contributed by atoms with E-state index in [1.54, 1.807) is 24.3 Å². The van der Waals surface area contributed by atoms with E-state index >= 15 is 0 Å². The largest absolute Gasteiger partial charge is 0.496 e. The minimum atomic E-state index is -0.567. The lowest BCUT2D eigenvalue weighted by Crippen LogP contribution is -2.36. The van der Waals surface area contributed by atoms with Crippen molar-refractivity contribution in [2.45, 2.75) is 32.7 Å². The lowest BCUT2D eigenvalue weighted by atomic mass is 10.2. The number of benzene rings is 1. The molecule has 0 aliphatic carbocycles. The van der Waals surface area contributed by atoms with E-state index in [1.807, 2.05) is 13.8 Å². The monoisotopic (exact) mass is 279 g/mol. The van der Waals surface area contributed by atoms with Gasteiger partial charge in [0.2, 0.25) is 0 Å². The van der Waals surface area contributed by atoms with Crippen LogP contribution in [0.2, 0.25) is 0 Å². The van der Waals surface area contributed by atoms with Crippen LogP contribution in [0.15, 0.2) is 24.3 Å². The summed E-state index contributed by atoms with van der Waals surface area (Å²) in [5.74, 6) is -0.429. The van der Waals surface area contributed by atoms with Crippen LogP contribution in [0.5, 0.6) is 5.75 Å². The Morgan fingerprint density at radius 1 is 1.20 bits per heavy atom. The number of carbonyl (C=O) groups excluding carboxylic acids is 2. The number of para-hydroxylation sites is 1. The molecule has 1 aromatic carbocycles. The van der Waals surface area contributed by atoms with Gasteiger partial charge >= 0.3 is 5.97 Å². The van der Waals surface area contributed by atoms with Gasteiger partial charge in [-0.05, 0) is 25.0 Å². The molecule has 0 atom stereocenters. The van der Waals surface area contributed by atoms with Crippen molar-refractivity contribution in [1.29, 1.82) is 0 Å². The van der Waals surface area contributed by atoms with E-state index in [0.29, 0.717) is 11.3 Å². The normalized spacial score (nSPS) is 10.2. The highest BCUT2D eigenvalue weighted by atomic mass is 16.5. The Bertz CT molecular complexity index is 455. The molecule has 5 heteroatoms. The van der Waals surface area contributed by atoms with Crippen LogP contribution < -0.4 is 10.1 Å². The molecule has 1 rings (SSSR count). The molecule has 0 bridgehead atoms. The standard InChI is InChI=1S/C15H21NO4/c1-4-11(5-2)16-14(17)10-20-15(18)12-8-6-7-9-13(12)19-3/h6-9,11H,4-5,10H2,1-3H3,(H,16,17). The van der Waals surface area contributed by atoms with Gasteiger partial charge < -0.3 is 14.8 Å². The molecule has 0 saturated heterocycles. The van der Waals surface area contributed by atoms with E-state index in [2.05, 4.69) is 5.32 Å². The third kappa shape index (κ3) is 4.57. The Kier molecular flexibility index (Phi) is 6.56. The number of rotatable bonds is 7. The maximum atomic E-state index is 11.9. The molecule has 1 amide bonds. The van der Waals surface area contributed by atoms with Crippen LogP contribution in [0.4, 0.5) is 0 Å². The number of nitrogens with one attached hydrogen (secondary N) is 1. The summed E-state index contributed by atoms with van der Waals surface area (Å²) >= 11 is 0. The molecule has 1 aromatic rings. The summed E-state index contributed by atoms with van der Waals surface area (Å²) in [6.07, 6.45) is 1.70. The second kappa shape index (κ2) is 8.19. The highest BCUT2D eigenvalue weighted by molar-refractivity contribution is 5.93. The molecule has 0 fully saturated rings. The van der Waals surface area contributed by atoms with Gasteiger partial charge in [-0.25, -0.2) is 4.79 Å². The molecule has 0 saturated carbocycles. The van der Waals surface area contributed by atoms with Crippen molar-refractivity contribution in [3.63, 3.8) is 0 Å². The van der Waals surface area contributed by atoms with Gasteiger partial charge in [-0.15, -0.1) is 0 Å². The molecule has 110 valence electrons.